The van der Waals surface area contributed by atoms with E-state index in [1.54, 1.807) is 18.3 Å². The summed E-state index contributed by atoms with van der Waals surface area (Å²) in [6.45, 7) is 3.71. The average molecular weight is 517 g/mol. The number of methoxy groups -OCH3 is 1. The Kier molecular flexibility index (Phi) is 6.55. The fourth-order valence-corrected chi connectivity index (χ4v) is 6.01. The maximum Gasteiger partial charge on any atom is 0.355 e. The van der Waals surface area contributed by atoms with Gasteiger partial charge in [-0.05, 0) is 80.5 Å². The van der Waals surface area contributed by atoms with Gasteiger partial charge in [-0.15, -0.1) is 0 Å². The molecular weight excluding hydrogens is 488 g/mol. The first-order chi connectivity index (χ1) is 17.8. The molecule has 1 aliphatic rings. The maximum absolute atomic E-state index is 13.5. The summed E-state index contributed by atoms with van der Waals surface area (Å²) in [6.07, 6.45) is 7.48. The van der Waals surface area contributed by atoms with E-state index in [0.717, 1.165) is 40.0 Å². The van der Waals surface area contributed by atoms with Crippen molar-refractivity contribution < 1.29 is 17.9 Å². The Labute approximate surface area is 216 Å². The predicted molar refractivity (Wildman–Crippen MR) is 142 cm³/mol. The molecule has 5 rings (SSSR count). The highest BCUT2D eigenvalue weighted by Crippen LogP contribution is 2.31. The summed E-state index contributed by atoms with van der Waals surface area (Å²) in [6, 6.07) is 14.2. The Bertz CT molecular complexity index is 1590. The zero-order chi connectivity index (χ0) is 26.2. The van der Waals surface area contributed by atoms with Gasteiger partial charge in [-0.3, -0.25) is 0 Å². The summed E-state index contributed by atoms with van der Waals surface area (Å²) < 4.78 is 32.8. The molecule has 9 heteroatoms. The molecule has 190 valence electrons. The molecule has 1 aliphatic carbocycles. The molecule has 2 heterocycles. The van der Waals surface area contributed by atoms with Gasteiger partial charge in [0.2, 0.25) is 5.95 Å². The second-order valence-corrected chi connectivity index (χ2v) is 11.0. The fraction of sp³-hybridized carbons (Fsp3) is 0.250. The highest BCUT2D eigenvalue weighted by Gasteiger charge is 2.26. The van der Waals surface area contributed by atoms with Crippen molar-refractivity contribution in [3.8, 4) is 11.3 Å². The van der Waals surface area contributed by atoms with Gasteiger partial charge in [0.25, 0.3) is 10.0 Å². The molecule has 0 spiro atoms. The van der Waals surface area contributed by atoms with E-state index in [1.807, 2.05) is 26.0 Å². The minimum Gasteiger partial charge on any atom is -0.464 e. The Morgan fingerprint density at radius 1 is 1.05 bits per heavy atom. The van der Waals surface area contributed by atoms with Gasteiger partial charge in [-0.2, -0.15) is 0 Å². The number of benzene rings is 2. The van der Waals surface area contributed by atoms with E-state index in [9.17, 15) is 13.2 Å². The quantitative estimate of drug-likeness (QED) is 0.351. The van der Waals surface area contributed by atoms with Crippen LogP contribution >= 0.6 is 0 Å². The van der Waals surface area contributed by atoms with Crippen LogP contribution in [0.1, 0.15) is 45.6 Å². The molecule has 0 fully saturated rings. The molecule has 0 amide bonds. The van der Waals surface area contributed by atoms with Crippen molar-refractivity contribution in [3.05, 3.63) is 88.9 Å². The number of nitrogens with zero attached hydrogens (tertiary/aromatic N) is 3. The molecule has 0 bridgehead atoms. The number of ether oxygens (including phenoxy) is 1. The van der Waals surface area contributed by atoms with E-state index in [4.69, 9.17) is 9.72 Å². The Balaban J connectivity index is 1.57. The van der Waals surface area contributed by atoms with E-state index in [2.05, 4.69) is 16.4 Å². The van der Waals surface area contributed by atoms with E-state index >= 15 is 0 Å². The third-order valence-electron chi connectivity index (χ3n) is 6.65. The van der Waals surface area contributed by atoms with Crippen LogP contribution in [-0.2, 0) is 27.6 Å². The van der Waals surface area contributed by atoms with Gasteiger partial charge in [-0.1, -0.05) is 29.8 Å². The van der Waals surface area contributed by atoms with Gasteiger partial charge in [0.15, 0.2) is 0 Å². The van der Waals surface area contributed by atoms with Gasteiger partial charge < -0.3 is 10.1 Å². The van der Waals surface area contributed by atoms with Crippen molar-refractivity contribution in [2.75, 3.05) is 12.4 Å². The van der Waals surface area contributed by atoms with Crippen molar-refractivity contribution in [2.45, 2.75) is 44.4 Å². The van der Waals surface area contributed by atoms with Gasteiger partial charge >= 0.3 is 5.97 Å². The van der Waals surface area contributed by atoms with Crippen LogP contribution in [-0.4, -0.2) is 35.4 Å². The number of carbonyl (C=O) groups is 1. The lowest BCUT2D eigenvalue weighted by Gasteiger charge is -2.19. The van der Waals surface area contributed by atoms with Gasteiger partial charge in [0.05, 0.1) is 17.7 Å². The van der Waals surface area contributed by atoms with Gasteiger partial charge in [0.1, 0.15) is 5.69 Å². The zero-order valence-corrected chi connectivity index (χ0v) is 21.8. The third kappa shape index (κ3) is 4.74. The summed E-state index contributed by atoms with van der Waals surface area (Å²) in [7, 11) is -2.84. The molecule has 4 aromatic rings. The van der Waals surface area contributed by atoms with Gasteiger partial charge in [-0.25, -0.2) is 27.2 Å². The average Bonchev–Trinajstić information content (AvgIpc) is 3.36. The predicted octanol–water partition coefficient (Wildman–Crippen LogP) is 5.21. The molecule has 8 nitrogen and oxygen atoms in total. The Morgan fingerprint density at radius 2 is 1.81 bits per heavy atom. The number of hydrogen-bond acceptors (Lipinski definition) is 7. The minimum absolute atomic E-state index is 0.0704. The zero-order valence-electron chi connectivity index (χ0n) is 21.0. The van der Waals surface area contributed by atoms with Crippen LogP contribution in [0.5, 0.6) is 0 Å². The third-order valence-corrected chi connectivity index (χ3v) is 8.33. The summed E-state index contributed by atoms with van der Waals surface area (Å²) >= 11 is 0. The van der Waals surface area contributed by atoms with E-state index in [-0.39, 0.29) is 10.6 Å². The topological polar surface area (TPSA) is 103 Å². The first-order valence-electron chi connectivity index (χ1n) is 12.1. The Morgan fingerprint density at radius 3 is 2.57 bits per heavy atom. The van der Waals surface area contributed by atoms with Crippen molar-refractivity contribution in [2.24, 2.45) is 0 Å². The van der Waals surface area contributed by atoms with Gasteiger partial charge in [0, 0.05) is 23.6 Å². The molecule has 0 unspecified atom stereocenters. The molecular formula is C28H28N4O4S. The summed E-state index contributed by atoms with van der Waals surface area (Å²) in [5, 5.41) is 3.35. The Hall–Kier alpha value is -3.98. The molecule has 2 aromatic carbocycles. The number of hydrogen-bond donors (Lipinski definition) is 1. The van der Waals surface area contributed by atoms with Crippen LogP contribution in [0.15, 0.2) is 65.8 Å². The minimum atomic E-state index is -4.05. The van der Waals surface area contributed by atoms with Crippen molar-refractivity contribution in [1.82, 2.24) is 13.9 Å². The molecule has 0 aliphatic heterocycles. The van der Waals surface area contributed by atoms with Crippen LogP contribution in [0.4, 0.5) is 11.6 Å². The van der Waals surface area contributed by atoms with Crippen molar-refractivity contribution in [3.63, 3.8) is 0 Å². The number of aryl methyl sites for hydroxylation is 3. The lowest BCUT2D eigenvalue weighted by Crippen LogP contribution is -2.18. The second-order valence-electron chi connectivity index (χ2n) is 9.22. The lowest BCUT2D eigenvalue weighted by molar-refractivity contribution is 0.0593. The fourth-order valence-electron chi connectivity index (χ4n) is 4.66. The number of nitrogens with one attached hydrogen (secondary N) is 1. The number of aromatic nitrogens is 3. The largest absolute Gasteiger partial charge is 0.464 e. The summed E-state index contributed by atoms with van der Waals surface area (Å²) in [5.41, 5.74) is 6.13. The smallest absolute Gasteiger partial charge is 0.355 e. The molecule has 0 atom stereocenters. The number of rotatable bonds is 6. The molecule has 1 N–H and O–H groups in total. The van der Waals surface area contributed by atoms with Crippen LogP contribution in [0, 0.1) is 13.8 Å². The molecule has 0 saturated carbocycles. The molecule has 0 radical (unpaired) electrons. The SMILES string of the molecule is COC(=O)c1cc(-c2nc(Nc3cccc4c3CCCC4)ncc2C)cn1S(=O)(=O)c1ccc(C)cc1. The van der Waals surface area contributed by atoms with Crippen molar-refractivity contribution in [1.29, 1.82) is 0 Å². The van der Waals surface area contributed by atoms with Crippen LogP contribution in [0.25, 0.3) is 11.3 Å². The number of carbonyl (C=O) groups excluding carboxylic acids is 1. The highest BCUT2D eigenvalue weighted by atomic mass is 32.2. The maximum atomic E-state index is 13.5. The lowest BCUT2D eigenvalue weighted by atomic mass is 9.90. The molecule has 37 heavy (non-hydrogen) atoms. The van der Waals surface area contributed by atoms with Crippen LogP contribution in [0.3, 0.4) is 0 Å². The summed E-state index contributed by atoms with van der Waals surface area (Å²) in [4.78, 5) is 21.8. The highest BCUT2D eigenvalue weighted by molar-refractivity contribution is 7.90. The van der Waals surface area contributed by atoms with E-state index in [1.165, 1.54) is 49.1 Å². The first-order valence-corrected chi connectivity index (χ1v) is 13.6. The molecule has 0 saturated heterocycles. The second kappa shape index (κ2) is 9.82. The summed E-state index contributed by atoms with van der Waals surface area (Å²) in [5.74, 6) is -0.365. The van der Waals surface area contributed by atoms with Crippen LogP contribution in [0.2, 0.25) is 0 Å². The van der Waals surface area contributed by atoms with Crippen LogP contribution < -0.4 is 5.32 Å². The standard InChI is InChI=1S/C28H28N4O4S/c1-18-11-13-22(14-12-18)37(34,35)32-17-21(15-25(32)27(33)36-3)26-19(2)16-29-28(31-26)30-24-10-6-8-20-7-4-5-9-23(20)24/h6,8,10-17H,4-5,7,9H2,1-3H3,(H,29,30,31). The number of esters is 1. The molecule has 2 aromatic heterocycles. The first kappa shape index (κ1) is 24.7. The van der Waals surface area contributed by atoms with E-state index < -0.39 is 16.0 Å². The number of fused-ring (bicyclic) bond motifs is 1. The number of anilines is 2. The monoisotopic (exact) mass is 516 g/mol. The van der Waals surface area contributed by atoms with Crippen molar-refractivity contribution >= 4 is 27.6 Å². The normalized spacial score (nSPS) is 13.2. The van der Waals surface area contributed by atoms with E-state index in [0.29, 0.717) is 17.2 Å².